The summed E-state index contributed by atoms with van der Waals surface area (Å²) in [4.78, 5) is 15.4. The standard InChI is InChI=1S/C13H11NO3/c1-16-13(15)11-9-14-8-7-12(11)17-10-5-3-2-4-6-10/h2-9H,1H3. The zero-order chi connectivity index (χ0) is 12.1. The van der Waals surface area contributed by atoms with Crippen molar-refractivity contribution in [3.63, 3.8) is 0 Å². The van der Waals surface area contributed by atoms with Gasteiger partial charge in [-0.25, -0.2) is 4.79 Å². The lowest BCUT2D eigenvalue weighted by Crippen LogP contribution is -2.04. The molecular weight excluding hydrogens is 218 g/mol. The highest BCUT2D eigenvalue weighted by molar-refractivity contribution is 5.92. The number of benzene rings is 1. The minimum atomic E-state index is -0.468. The molecule has 4 heteroatoms. The fourth-order valence-electron chi connectivity index (χ4n) is 1.35. The second-order valence-electron chi connectivity index (χ2n) is 3.28. The van der Waals surface area contributed by atoms with Crippen LogP contribution in [0.5, 0.6) is 11.5 Å². The van der Waals surface area contributed by atoms with Gasteiger partial charge in [0.2, 0.25) is 0 Å². The third-order valence-electron chi connectivity index (χ3n) is 2.16. The van der Waals surface area contributed by atoms with E-state index in [1.165, 1.54) is 13.3 Å². The summed E-state index contributed by atoms with van der Waals surface area (Å²) in [5.41, 5.74) is 0.304. The molecule has 86 valence electrons. The maximum atomic E-state index is 11.5. The first-order valence-corrected chi connectivity index (χ1v) is 5.06. The summed E-state index contributed by atoms with van der Waals surface area (Å²) >= 11 is 0. The van der Waals surface area contributed by atoms with E-state index in [1.54, 1.807) is 12.3 Å². The molecule has 0 spiro atoms. The maximum absolute atomic E-state index is 11.5. The van der Waals surface area contributed by atoms with Crippen LogP contribution in [0.2, 0.25) is 0 Å². The lowest BCUT2D eigenvalue weighted by Gasteiger charge is -2.08. The van der Waals surface area contributed by atoms with E-state index in [0.717, 1.165) is 0 Å². The van der Waals surface area contributed by atoms with E-state index >= 15 is 0 Å². The van der Waals surface area contributed by atoms with E-state index in [4.69, 9.17) is 4.74 Å². The number of methoxy groups -OCH3 is 1. The molecule has 1 aromatic heterocycles. The topological polar surface area (TPSA) is 48.4 Å². The number of hydrogen-bond donors (Lipinski definition) is 0. The number of pyridine rings is 1. The quantitative estimate of drug-likeness (QED) is 0.759. The van der Waals surface area contributed by atoms with Crippen molar-refractivity contribution in [1.29, 1.82) is 0 Å². The fraction of sp³-hybridized carbons (Fsp3) is 0.0769. The molecule has 4 nitrogen and oxygen atoms in total. The molecule has 0 radical (unpaired) electrons. The highest BCUT2D eigenvalue weighted by atomic mass is 16.5. The van der Waals surface area contributed by atoms with Crippen LogP contribution in [0.4, 0.5) is 0 Å². The molecule has 17 heavy (non-hydrogen) atoms. The molecule has 1 aromatic carbocycles. The van der Waals surface area contributed by atoms with Crippen molar-refractivity contribution in [3.05, 3.63) is 54.4 Å². The van der Waals surface area contributed by atoms with Gasteiger partial charge in [0, 0.05) is 18.5 Å². The third kappa shape index (κ3) is 2.60. The van der Waals surface area contributed by atoms with Gasteiger partial charge >= 0.3 is 5.97 Å². The molecule has 2 aromatic rings. The zero-order valence-corrected chi connectivity index (χ0v) is 9.29. The smallest absolute Gasteiger partial charge is 0.343 e. The van der Waals surface area contributed by atoms with Crippen molar-refractivity contribution < 1.29 is 14.3 Å². The minimum absolute atomic E-state index is 0.304. The van der Waals surface area contributed by atoms with E-state index in [9.17, 15) is 4.79 Å². The Balaban J connectivity index is 2.30. The van der Waals surface area contributed by atoms with Crippen LogP contribution >= 0.6 is 0 Å². The third-order valence-corrected chi connectivity index (χ3v) is 2.16. The molecule has 0 N–H and O–H groups in total. The van der Waals surface area contributed by atoms with Gasteiger partial charge in [0.15, 0.2) is 0 Å². The van der Waals surface area contributed by atoms with Crippen LogP contribution in [0.25, 0.3) is 0 Å². The van der Waals surface area contributed by atoms with E-state index in [1.807, 2.05) is 30.3 Å². The molecule has 0 atom stereocenters. The first-order valence-electron chi connectivity index (χ1n) is 5.06. The van der Waals surface area contributed by atoms with Crippen LogP contribution in [-0.4, -0.2) is 18.1 Å². The van der Waals surface area contributed by atoms with Crippen molar-refractivity contribution >= 4 is 5.97 Å². The Morgan fingerprint density at radius 2 is 1.94 bits per heavy atom. The number of para-hydroxylation sites is 1. The summed E-state index contributed by atoms with van der Waals surface area (Å²) < 4.78 is 10.2. The minimum Gasteiger partial charge on any atom is -0.465 e. The van der Waals surface area contributed by atoms with Gasteiger partial charge in [-0.3, -0.25) is 4.98 Å². The lowest BCUT2D eigenvalue weighted by atomic mass is 10.2. The predicted octanol–water partition coefficient (Wildman–Crippen LogP) is 2.66. The van der Waals surface area contributed by atoms with Gasteiger partial charge in [-0.1, -0.05) is 18.2 Å². The number of rotatable bonds is 3. The van der Waals surface area contributed by atoms with Gasteiger partial charge in [-0.05, 0) is 12.1 Å². The number of esters is 1. The van der Waals surface area contributed by atoms with E-state index < -0.39 is 5.97 Å². The molecular formula is C13H11NO3. The summed E-state index contributed by atoms with van der Waals surface area (Å²) in [5, 5.41) is 0. The Kier molecular flexibility index (Phi) is 3.35. The van der Waals surface area contributed by atoms with E-state index in [2.05, 4.69) is 9.72 Å². The van der Waals surface area contributed by atoms with E-state index in [-0.39, 0.29) is 0 Å². The summed E-state index contributed by atoms with van der Waals surface area (Å²) in [7, 11) is 1.32. The first kappa shape index (κ1) is 11.1. The van der Waals surface area contributed by atoms with Crippen LogP contribution in [0.1, 0.15) is 10.4 Å². The number of ether oxygens (including phenoxy) is 2. The number of nitrogens with zero attached hydrogens (tertiary/aromatic N) is 1. The molecule has 0 unspecified atom stereocenters. The summed E-state index contributed by atoms with van der Waals surface area (Å²) in [6, 6.07) is 10.8. The predicted molar refractivity (Wildman–Crippen MR) is 62.1 cm³/mol. The molecule has 0 saturated heterocycles. The second-order valence-corrected chi connectivity index (χ2v) is 3.28. The summed E-state index contributed by atoms with van der Waals surface area (Å²) in [6.07, 6.45) is 2.98. The lowest BCUT2D eigenvalue weighted by molar-refractivity contribution is 0.0597. The van der Waals surface area contributed by atoms with Gasteiger partial charge in [-0.2, -0.15) is 0 Å². The Morgan fingerprint density at radius 1 is 1.18 bits per heavy atom. The highest BCUT2D eigenvalue weighted by Crippen LogP contribution is 2.24. The Bertz CT molecular complexity index is 511. The van der Waals surface area contributed by atoms with Crippen molar-refractivity contribution in [1.82, 2.24) is 4.98 Å². The molecule has 0 aliphatic carbocycles. The highest BCUT2D eigenvalue weighted by Gasteiger charge is 2.13. The van der Waals surface area contributed by atoms with Gasteiger partial charge in [0.25, 0.3) is 0 Å². The van der Waals surface area contributed by atoms with Gasteiger partial charge in [0.1, 0.15) is 17.1 Å². The maximum Gasteiger partial charge on any atom is 0.343 e. The zero-order valence-electron chi connectivity index (χ0n) is 9.29. The molecule has 0 aliphatic heterocycles. The Morgan fingerprint density at radius 3 is 2.65 bits per heavy atom. The second kappa shape index (κ2) is 5.12. The van der Waals surface area contributed by atoms with Crippen LogP contribution in [0.3, 0.4) is 0 Å². The molecule has 0 saturated carbocycles. The largest absolute Gasteiger partial charge is 0.465 e. The molecule has 0 amide bonds. The molecule has 0 bridgehead atoms. The van der Waals surface area contributed by atoms with Crippen molar-refractivity contribution in [3.8, 4) is 11.5 Å². The average Bonchev–Trinajstić information content (AvgIpc) is 2.40. The van der Waals surface area contributed by atoms with Gasteiger partial charge in [-0.15, -0.1) is 0 Å². The monoisotopic (exact) mass is 229 g/mol. The number of aromatic nitrogens is 1. The van der Waals surface area contributed by atoms with Crippen molar-refractivity contribution in [2.24, 2.45) is 0 Å². The number of carbonyl (C=O) groups excluding carboxylic acids is 1. The van der Waals surface area contributed by atoms with Crippen molar-refractivity contribution in [2.45, 2.75) is 0 Å². The molecule has 2 rings (SSSR count). The Hall–Kier alpha value is -2.36. The molecule has 0 aliphatic rings. The summed E-state index contributed by atoms with van der Waals surface area (Å²) in [5.74, 6) is 0.617. The molecule has 1 heterocycles. The van der Waals surface area contributed by atoms with Gasteiger partial charge < -0.3 is 9.47 Å². The Labute approximate surface area is 98.8 Å². The van der Waals surface area contributed by atoms with Gasteiger partial charge in [0.05, 0.1) is 7.11 Å². The van der Waals surface area contributed by atoms with Crippen LogP contribution < -0.4 is 4.74 Å². The fourth-order valence-corrected chi connectivity index (χ4v) is 1.35. The SMILES string of the molecule is COC(=O)c1cnccc1Oc1ccccc1. The average molecular weight is 229 g/mol. The van der Waals surface area contributed by atoms with Crippen LogP contribution in [0, 0.1) is 0 Å². The number of hydrogen-bond acceptors (Lipinski definition) is 4. The normalized spacial score (nSPS) is 9.71. The summed E-state index contributed by atoms with van der Waals surface area (Å²) in [6.45, 7) is 0. The van der Waals surface area contributed by atoms with E-state index in [0.29, 0.717) is 17.1 Å². The van der Waals surface area contributed by atoms with Crippen molar-refractivity contribution in [2.75, 3.05) is 7.11 Å². The van der Waals surface area contributed by atoms with Crippen LogP contribution in [0.15, 0.2) is 48.8 Å². The number of carbonyl (C=O) groups is 1. The van der Waals surface area contributed by atoms with Crippen LogP contribution in [-0.2, 0) is 4.74 Å². The molecule has 0 fully saturated rings. The first-order chi connectivity index (χ1) is 8.31.